The largest absolute Gasteiger partial charge is 0.306 e. The SMILES string of the molecule is CCCCn1nnnc1Cn1cc(S(=O)(=O)N(CC)CC)ccc1=O. The highest BCUT2D eigenvalue weighted by atomic mass is 32.2. The first-order valence-electron chi connectivity index (χ1n) is 8.39. The third-order valence-corrected chi connectivity index (χ3v) is 5.97. The fourth-order valence-electron chi connectivity index (χ4n) is 2.47. The quantitative estimate of drug-likeness (QED) is 0.646. The van der Waals surface area contributed by atoms with Crippen LogP contribution in [-0.2, 0) is 23.1 Å². The zero-order valence-corrected chi connectivity index (χ0v) is 15.6. The van der Waals surface area contributed by atoms with Crippen molar-refractivity contribution in [3.63, 3.8) is 0 Å². The average molecular weight is 368 g/mol. The zero-order chi connectivity index (χ0) is 18.4. The molecule has 0 atom stereocenters. The lowest BCUT2D eigenvalue weighted by molar-refractivity contribution is 0.444. The van der Waals surface area contributed by atoms with E-state index < -0.39 is 10.0 Å². The van der Waals surface area contributed by atoms with E-state index in [2.05, 4.69) is 22.4 Å². The Morgan fingerprint density at radius 2 is 1.88 bits per heavy atom. The number of aryl methyl sites for hydroxylation is 1. The minimum atomic E-state index is -3.63. The van der Waals surface area contributed by atoms with Gasteiger partial charge in [-0.05, 0) is 22.9 Å². The van der Waals surface area contributed by atoms with Crippen LogP contribution >= 0.6 is 0 Å². The number of unbranched alkanes of at least 4 members (excludes halogenated alkanes) is 1. The van der Waals surface area contributed by atoms with Gasteiger partial charge in [0.1, 0.15) is 0 Å². The maximum atomic E-state index is 12.6. The molecular weight excluding hydrogens is 344 g/mol. The molecule has 0 bridgehead atoms. The van der Waals surface area contributed by atoms with Crippen molar-refractivity contribution >= 4 is 10.0 Å². The van der Waals surface area contributed by atoms with Crippen LogP contribution < -0.4 is 5.56 Å². The highest BCUT2D eigenvalue weighted by Gasteiger charge is 2.22. The molecule has 0 aliphatic rings. The van der Waals surface area contributed by atoms with Gasteiger partial charge in [0, 0.05) is 31.9 Å². The second-order valence-electron chi connectivity index (χ2n) is 5.59. The second-order valence-corrected chi connectivity index (χ2v) is 7.53. The van der Waals surface area contributed by atoms with Crippen molar-refractivity contribution in [2.75, 3.05) is 13.1 Å². The summed E-state index contributed by atoms with van der Waals surface area (Å²) in [6.07, 6.45) is 3.27. The standard InChI is InChI=1S/C15H24N6O3S/c1-4-7-10-21-14(16-17-18-21)12-19-11-13(8-9-15(19)22)25(23,24)20(5-2)6-3/h8-9,11H,4-7,10,12H2,1-3H3. The molecule has 9 nitrogen and oxygen atoms in total. The van der Waals surface area contributed by atoms with Gasteiger partial charge in [-0.3, -0.25) is 4.79 Å². The number of pyridine rings is 1. The van der Waals surface area contributed by atoms with Gasteiger partial charge < -0.3 is 4.57 Å². The number of nitrogens with zero attached hydrogens (tertiary/aromatic N) is 6. The highest BCUT2D eigenvalue weighted by molar-refractivity contribution is 7.89. The molecule has 0 saturated carbocycles. The highest BCUT2D eigenvalue weighted by Crippen LogP contribution is 2.14. The maximum absolute atomic E-state index is 12.6. The van der Waals surface area contributed by atoms with Crippen molar-refractivity contribution < 1.29 is 8.42 Å². The Hall–Kier alpha value is -2.07. The summed E-state index contributed by atoms with van der Waals surface area (Å²) >= 11 is 0. The summed E-state index contributed by atoms with van der Waals surface area (Å²) in [5.74, 6) is 0.521. The minimum Gasteiger partial charge on any atom is -0.306 e. The van der Waals surface area contributed by atoms with Gasteiger partial charge in [-0.2, -0.15) is 4.31 Å². The average Bonchev–Trinajstić information content (AvgIpc) is 3.02. The number of hydrogen-bond donors (Lipinski definition) is 0. The fraction of sp³-hybridized carbons (Fsp3) is 0.600. The number of sulfonamides is 1. The van der Waals surface area contributed by atoms with Gasteiger partial charge in [0.25, 0.3) is 5.56 Å². The van der Waals surface area contributed by atoms with E-state index in [-0.39, 0.29) is 17.0 Å². The first-order chi connectivity index (χ1) is 11.9. The van der Waals surface area contributed by atoms with Crippen LogP contribution in [0.15, 0.2) is 28.0 Å². The van der Waals surface area contributed by atoms with E-state index >= 15 is 0 Å². The van der Waals surface area contributed by atoms with Gasteiger partial charge in [0.15, 0.2) is 5.82 Å². The van der Waals surface area contributed by atoms with Crippen LogP contribution in [0.25, 0.3) is 0 Å². The fourth-order valence-corrected chi connectivity index (χ4v) is 3.95. The Bertz CT molecular complexity index is 854. The number of hydrogen-bond acceptors (Lipinski definition) is 6. The van der Waals surface area contributed by atoms with Crippen molar-refractivity contribution in [1.82, 2.24) is 29.1 Å². The molecule has 0 unspecified atom stereocenters. The molecule has 0 N–H and O–H groups in total. The zero-order valence-electron chi connectivity index (χ0n) is 14.8. The molecular formula is C15H24N6O3S. The van der Waals surface area contributed by atoms with E-state index in [0.29, 0.717) is 25.5 Å². The molecule has 0 amide bonds. The molecule has 10 heteroatoms. The van der Waals surface area contributed by atoms with Crippen LogP contribution in [0.3, 0.4) is 0 Å². The summed E-state index contributed by atoms with van der Waals surface area (Å²) in [5, 5.41) is 11.5. The summed E-state index contributed by atoms with van der Waals surface area (Å²) in [7, 11) is -3.63. The van der Waals surface area contributed by atoms with E-state index in [0.717, 1.165) is 12.8 Å². The summed E-state index contributed by atoms with van der Waals surface area (Å²) < 4.78 is 29.6. The smallest absolute Gasteiger partial charge is 0.251 e. The predicted molar refractivity (Wildman–Crippen MR) is 92.6 cm³/mol. The third kappa shape index (κ3) is 4.31. The van der Waals surface area contributed by atoms with E-state index in [1.54, 1.807) is 18.5 Å². The number of aromatic nitrogens is 5. The Balaban J connectivity index is 2.35. The van der Waals surface area contributed by atoms with E-state index in [1.807, 2.05) is 0 Å². The van der Waals surface area contributed by atoms with Crippen LogP contribution in [-0.4, -0.2) is 50.6 Å². The monoisotopic (exact) mass is 368 g/mol. The molecule has 2 aromatic rings. The van der Waals surface area contributed by atoms with E-state index in [4.69, 9.17) is 0 Å². The van der Waals surface area contributed by atoms with Crippen molar-refractivity contribution in [2.24, 2.45) is 0 Å². The Kier molecular flexibility index (Phi) is 6.43. The van der Waals surface area contributed by atoms with Crippen LogP contribution in [0.5, 0.6) is 0 Å². The number of tetrazole rings is 1. The molecule has 0 aliphatic heterocycles. The van der Waals surface area contributed by atoms with Gasteiger partial charge in [-0.25, -0.2) is 13.1 Å². The lowest BCUT2D eigenvalue weighted by atomic mass is 10.3. The minimum absolute atomic E-state index is 0.0865. The molecule has 138 valence electrons. The van der Waals surface area contributed by atoms with E-state index in [1.165, 1.54) is 27.2 Å². The first-order valence-corrected chi connectivity index (χ1v) is 9.83. The van der Waals surface area contributed by atoms with Crippen LogP contribution in [0.1, 0.15) is 39.4 Å². The van der Waals surface area contributed by atoms with Gasteiger partial charge in [-0.1, -0.05) is 27.2 Å². The molecule has 0 radical (unpaired) electrons. The molecule has 2 rings (SSSR count). The van der Waals surface area contributed by atoms with Crippen molar-refractivity contribution in [2.45, 2.75) is 51.6 Å². The maximum Gasteiger partial charge on any atom is 0.251 e. The summed E-state index contributed by atoms with van der Waals surface area (Å²) in [5.41, 5.74) is -0.302. The van der Waals surface area contributed by atoms with Crippen molar-refractivity contribution in [1.29, 1.82) is 0 Å². The van der Waals surface area contributed by atoms with Gasteiger partial charge >= 0.3 is 0 Å². The van der Waals surface area contributed by atoms with E-state index in [9.17, 15) is 13.2 Å². The molecule has 2 heterocycles. The Morgan fingerprint density at radius 1 is 1.16 bits per heavy atom. The normalized spacial score (nSPS) is 12.0. The molecule has 2 aromatic heterocycles. The predicted octanol–water partition coefficient (Wildman–Crippen LogP) is 0.714. The molecule has 25 heavy (non-hydrogen) atoms. The first kappa shape index (κ1) is 19.3. The summed E-state index contributed by atoms with van der Waals surface area (Å²) in [4.78, 5) is 12.2. The Labute approximate surface area is 147 Å². The van der Waals surface area contributed by atoms with Crippen LogP contribution in [0, 0.1) is 0 Å². The third-order valence-electron chi connectivity index (χ3n) is 3.94. The number of rotatable bonds is 9. The van der Waals surface area contributed by atoms with Gasteiger partial charge in [0.2, 0.25) is 10.0 Å². The lowest BCUT2D eigenvalue weighted by Gasteiger charge is -2.19. The van der Waals surface area contributed by atoms with Crippen LogP contribution in [0.2, 0.25) is 0 Å². The lowest BCUT2D eigenvalue weighted by Crippen LogP contribution is -2.32. The molecule has 0 fully saturated rings. The topological polar surface area (TPSA) is 103 Å². The van der Waals surface area contributed by atoms with Gasteiger partial charge in [-0.15, -0.1) is 5.10 Å². The van der Waals surface area contributed by atoms with Crippen LogP contribution in [0.4, 0.5) is 0 Å². The molecule has 0 saturated heterocycles. The van der Waals surface area contributed by atoms with Crippen molar-refractivity contribution in [3.8, 4) is 0 Å². The Morgan fingerprint density at radius 3 is 2.52 bits per heavy atom. The molecule has 0 spiro atoms. The van der Waals surface area contributed by atoms with Crippen molar-refractivity contribution in [3.05, 3.63) is 34.5 Å². The molecule has 0 aromatic carbocycles. The second kappa shape index (κ2) is 8.34. The summed E-state index contributed by atoms with van der Waals surface area (Å²) in [6.45, 7) is 7.14. The molecule has 0 aliphatic carbocycles. The summed E-state index contributed by atoms with van der Waals surface area (Å²) in [6, 6.07) is 2.60. The van der Waals surface area contributed by atoms with Gasteiger partial charge in [0.05, 0.1) is 11.4 Å².